The standard InChI is InChI=1S/C20H26N2O3/c1-4-10-21-14(2)11-16(15(21)3)17(23)13-22-18(24)12-20(19(22)25)8-6-5-7-9-20/h4,11H,1,5-10,12-13H2,2-3H3. The highest BCUT2D eigenvalue weighted by atomic mass is 16.2. The predicted molar refractivity (Wildman–Crippen MR) is 95.3 cm³/mol. The zero-order valence-corrected chi connectivity index (χ0v) is 15.1. The molecule has 3 rings (SSSR count). The molecule has 0 N–H and O–H groups in total. The van der Waals surface area contributed by atoms with Crippen molar-refractivity contribution in [2.45, 2.75) is 58.9 Å². The van der Waals surface area contributed by atoms with Crippen molar-refractivity contribution in [3.63, 3.8) is 0 Å². The second-order valence-corrected chi connectivity index (χ2v) is 7.41. The molecule has 1 saturated heterocycles. The molecule has 134 valence electrons. The number of hydrogen-bond donors (Lipinski definition) is 0. The van der Waals surface area contributed by atoms with Crippen LogP contribution in [0.15, 0.2) is 18.7 Å². The molecule has 0 aromatic carbocycles. The normalized spacial score (nSPS) is 19.7. The van der Waals surface area contributed by atoms with E-state index in [4.69, 9.17) is 0 Å². The Morgan fingerprint density at radius 2 is 1.92 bits per heavy atom. The third-order valence-electron chi connectivity index (χ3n) is 5.79. The van der Waals surface area contributed by atoms with Crippen LogP contribution < -0.4 is 0 Å². The van der Waals surface area contributed by atoms with Gasteiger partial charge in [0.1, 0.15) is 0 Å². The van der Waals surface area contributed by atoms with Crippen LogP contribution in [0.3, 0.4) is 0 Å². The fourth-order valence-corrected chi connectivity index (χ4v) is 4.36. The van der Waals surface area contributed by atoms with Gasteiger partial charge in [-0.3, -0.25) is 19.3 Å². The Hall–Kier alpha value is -2.17. The smallest absolute Gasteiger partial charge is 0.236 e. The highest BCUT2D eigenvalue weighted by Gasteiger charge is 2.51. The number of allylic oxidation sites excluding steroid dienone is 1. The number of rotatable bonds is 5. The zero-order valence-electron chi connectivity index (χ0n) is 15.1. The van der Waals surface area contributed by atoms with E-state index in [1.54, 1.807) is 6.08 Å². The molecule has 2 heterocycles. The molecule has 2 aliphatic rings. The molecule has 0 bridgehead atoms. The number of amides is 2. The second kappa shape index (κ2) is 6.62. The van der Waals surface area contributed by atoms with Crippen LogP contribution in [-0.2, 0) is 16.1 Å². The number of imide groups is 1. The van der Waals surface area contributed by atoms with Crippen molar-refractivity contribution in [1.82, 2.24) is 9.47 Å². The van der Waals surface area contributed by atoms with E-state index in [2.05, 4.69) is 6.58 Å². The molecule has 0 atom stereocenters. The van der Waals surface area contributed by atoms with Gasteiger partial charge in [-0.25, -0.2) is 0 Å². The number of aromatic nitrogens is 1. The van der Waals surface area contributed by atoms with Gasteiger partial charge in [-0.05, 0) is 32.8 Å². The Morgan fingerprint density at radius 1 is 1.24 bits per heavy atom. The minimum atomic E-state index is -0.532. The van der Waals surface area contributed by atoms with Crippen molar-refractivity contribution < 1.29 is 14.4 Å². The molecule has 1 aromatic heterocycles. The molecule has 1 aliphatic heterocycles. The summed E-state index contributed by atoms with van der Waals surface area (Å²) in [6.45, 7) is 8.06. The lowest BCUT2D eigenvalue weighted by Gasteiger charge is -2.30. The molecule has 5 heteroatoms. The molecular weight excluding hydrogens is 316 g/mol. The molecule has 25 heavy (non-hydrogen) atoms. The van der Waals surface area contributed by atoms with Gasteiger partial charge in [0.15, 0.2) is 5.78 Å². The Kier molecular flexibility index (Phi) is 4.67. The number of ketones is 1. The van der Waals surface area contributed by atoms with Gasteiger partial charge in [-0.1, -0.05) is 25.3 Å². The van der Waals surface area contributed by atoms with Crippen LogP contribution in [-0.4, -0.2) is 33.6 Å². The van der Waals surface area contributed by atoms with E-state index in [1.807, 2.05) is 24.5 Å². The summed E-state index contributed by atoms with van der Waals surface area (Å²) in [4.78, 5) is 39.2. The van der Waals surface area contributed by atoms with Crippen LogP contribution in [0.1, 0.15) is 60.3 Å². The first kappa shape index (κ1) is 17.6. The number of carbonyl (C=O) groups excluding carboxylic acids is 3. The van der Waals surface area contributed by atoms with E-state index >= 15 is 0 Å². The predicted octanol–water partition coefficient (Wildman–Crippen LogP) is 3.18. The summed E-state index contributed by atoms with van der Waals surface area (Å²) >= 11 is 0. The maximum Gasteiger partial charge on any atom is 0.236 e. The molecule has 0 radical (unpaired) electrons. The van der Waals surface area contributed by atoms with Crippen molar-refractivity contribution in [3.05, 3.63) is 35.7 Å². The lowest BCUT2D eigenvalue weighted by Crippen LogP contribution is -2.39. The van der Waals surface area contributed by atoms with E-state index in [9.17, 15) is 14.4 Å². The van der Waals surface area contributed by atoms with E-state index in [-0.39, 0.29) is 30.6 Å². The van der Waals surface area contributed by atoms with Crippen molar-refractivity contribution in [2.75, 3.05) is 6.54 Å². The Morgan fingerprint density at radius 3 is 2.56 bits per heavy atom. The van der Waals surface area contributed by atoms with E-state index in [0.29, 0.717) is 12.1 Å². The first-order valence-corrected chi connectivity index (χ1v) is 9.05. The first-order chi connectivity index (χ1) is 11.9. The molecule has 2 amide bonds. The summed E-state index contributed by atoms with van der Waals surface area (Å²) in [5.41, 5.74) is 1.89. The van der Waals surface area contributed by atoms with Crippen LogP contribution in [0.2, 0.25) is 0 Å². The summed E-state index contributed by atoms with van der Waals surface area (Å²) in [7, 11) is 0. The molecule has 5 nitrogen and oxygen atoms in total. The van der Waals surface area contributed by atoms with E-state index in [0.717, 1.165) is 43.5 Å². The number of likely N-dealkylation sites (tertiary alicyclic amines) is 1. The molecular formula is C20H26N2O3. The van der Waals surface area contributed by atoms with Crippen molar-refractivity contribution >= 4 is 17.6 Å². The number of Topliss-reactive ketones (excluding diaryl/α,β-unsaturated/α-hetero) is 1. The minimum Gasteiger partial charge on any atom is -0.345 e. The van der Waals surface area contributed by atoms with Crippen LogP contribution in [0.25, 0.3) is 0 Å². The number of aryl methyl sites for hydroxylation is 1. The van der Waals surface area contributed by atoms with Crippen molar-refractivity contribution in [2.24, 2.45) is 5.41 Å². The monoisotopic (exact) mass is 342 g/mol. The Bertz CT molecular complexity index is 738. The maximum atomic E-state index is 12.9. The molecule has 1 spiro atoms. The van der Waals surface area contributed by atoms with Gasteiger partial charge in [0.25, 0.3) is 0 Å². The molecule has 1 aromatic rings. The summed E-state index contributed by atoms with van der Waals surface area (Å²) in [6.07, 6.45) is 6.71. The average molecular weight is 342 g/mol. The molecule has 0 unspecified atom stereocenters. The summed E-state index contributed by atoms with van der Waals surface area (Å²) in [5, 5.41) is 0. The third kappa shape index (κ3) is 2.96. The lowest BCUT2D eigenvalue weighted by molar-refractivity contribution is -0.141. The van der Waals surface area contributed by atoms with Crippen LogP contribution in [0.5, 0.6) is 0 Å². The third-order valence-corrected chi connectivity index (χ3v) is 5.79. The number of carbonyl (C=O) groups is 3. The molecule has 1 saturated carbocycles. The quantitative estimate of drug-likeness (QED) is 0.469. The van der Waals surface area contributed by atoms with Crippen molar-refractivity contribution in [1.29, 1.82) is 0 Å². The fraction of sp³-hybridized carbons (Fsp3) is 0.550. The largest absolute Gasteiger partial charge is 0.345 e. The van der Waals surface area contributed by atoms with Crippen LogP contribution in [0.4, 0.5) is 0 Å². The fourth-order valence-electron chi connectivity index (χ4n) is 4.36. The van der Waals surface area contributed by atoms with Crippen LogP contribution >= 0.6 is 0 Å². The van der Waals surface area contributed by atoms with Gasteiger partial charge >= 0.3 is 0 Å². The zero-order chi connectivity index (χ0) is 18.2. The van der Waals surface area contributed by atoms with E-state index in [1.165, 1.54) is 4.90 Å². The highest BCUT2D eigenvalue weighted by Crippen LogP contribution is 2.45. The Labute approximate surface area is 148 Å². The van der Waals surface area contributed by atoms with Gasteiger partial charge in [0.05, 0.1) is 12.0 Å². The maximum absolute atomic E-state index is 12.9. The first-order valence-electron chi connectivity index (χ1n) is 9.05. The summed E-state index contributed by atoms with van der Waals surface area (Å²) < 4.78 is 2.01. The number of hydrogen-bond acceptors (Lipinski definition) is 3. The van der Waals surface area contributed by atoms with Crippen molar-refractivity contribution in [3.8, 4) is 0 Å². The Balaban J connectivity index is 1.79. The topological polar surface area (TPSA) is 59.4 Å². The van der Waals surface area contributed by atoms with Crippen LogP contribution in [0, 0.1) is 19.3 Å². The average Bonchev–Trinajstić information content (AvgIpc) is 2.99. The van der Waals surface area contributed by atoms with Gasteiger partial charge < -0.3 is 4.57 Å². The lowest BCUT2D eigenvalue weighted by atomic mass is 9.73. The van der Waals surface area contributed by atoms with Gasteiger partial charge in [-0.15, -0.1) is 6.58 Å². The van der Waals surface area contributed by atoms with Gasteiger partial charge in [0, 0.05) is 29.9 Å². The SMILES string of the molecule is C=CCn1c(C)cc(C(=O)CN2C(=O)CC3(CCCCC3)C2=O)c1C. The summed E-state index contributed by atoms with van der Waals surface area (Å²) in [5.74, 6) is -0.497. The number of nitrogens with zero attached hydrogens (tertiary/aromatic N) is 2. The van der Waals surface area contributed by atoms with E-state index < -0.39 is 5.41 Å². The molecule has 2 fully saturated rings. The molecule has 1 aliphatic carbocycles. The minimum absolute atomic E-state index is 0.134. The highest BCUT2D eigenvalue weighted by molar-refractivity contribution is 6.10. The van der Waals surface area contributed by atoms with Gasteiger partial charge in [-0.2, -0.15) is 0 Å². The summed E-state index contributed by atoms with van der Waals surface area (Å²) in [6, 6.07) is 1.84. The van der Waals surface area contributed by atoms with Gasteiger partial charge in [0.2, 0.25) is 11.8 Å². The second-order valence-electron chi connectivity index (χ2n) is 7.41.